The van der Waals surface area contributed by atoms with Crippen LogP contribution in [0.25, 0.3) is 5.69 Å². The second-order valence-electron chi connectivity index (χ2n) is 5.13. The van der Waals surface area contributed by atoms with Crippen LogP contribution >= 0.6 is 11.6 Å². The van der Waals surface area contributed by atoms with Gasteiger partial charge < -0.3 is 14.6 Å². The third-order valence-electron chi connectivity index (χ3n) is 3.20. The molecule has 2 aromatic heterocycles. The average molecular weight is 347 g/mol. The van der Waals surface area contributed by atoms with Crippen molar-refractivity contribution in [1.29, 1.82) is 0 Å². The van der Waals surface area contributed by atoms with Crippen LogP contribution < -0.4 is 10.1 Å². The number of carbonyl (C=O) groups is 1. The number of nitrogens with one attached hydrogen (secondary N) is 1. The quantitative estimate of drug-likeness (QED) is 0.767. The molecule has 1 amide bonds. The summed E-state index contributed by atoms with van der Waals surface area (Å²) in [6, 6.07) is 11.1. The van der Waals surface area contributed by atoms with Gasteiger partial charge in [-0.15, -0.1) is 5.10 Å². The van der Waals surface area contributed by atoms with E-state index in [0.717, 1.165) is 5.69 Å². The highest BCUT2D eigenvalue weighted by Crippen LogP contribution is 2.25. The molecule has 7 nitrogen and oxygen atoms in total. The molecule has 0 aliphatic rings. The van der Waals surface area contributed by atoms with Crippen LogP contribution in [0.5, 0.6) is 5.88 Å². The molecule has 24 heavy (non-hydrogen) atoms. The molecule has 3 rings (SSSR count). The predicted octanol–water partition coefficient (Wildman–Crippen LogP) is 3.23. The second kappa shape index (κ2) is 6.76. The van der Waals surface area contributed by atoms with E-state index in [4.69, 9.17) is 20.9 Å². The molecule has 1 N–H and O–H groups in total. The van der Waals surface area contributed by atoms with E-state index in [1.54, 1.807) is 30.8 Å². The number of benzene rings is 1. The van der Waals surface area contributed by atoms with Crippen molar-refractivity contribution in [3.05, 3.63) is 53.4 Å². The fourth-order valence-corrected chi connectivity index (χ4v) is 2.18. The van der Waals surface area contributed by atoms with Gasteiger partial charge in [-0.25, -0.2) is 4.68 Å². The van der Waals surface area contributed by atoms with E-state index in [-0.39, 0.29) is 11.8 Å². The van der Waals surface area contributed by atoms with Gasteiger partial charge in [0.1, 0.15) is 10.8 Å². The summed E-state index contributed by atoms with van der Waals surface area (Å²) >= 11 is 6.14. The van der Waals surface area contributed by atoms with Crippen molar-refractivity contribution in [1.82, 2.24) is 14.9 Å². The van der Waals surface area contributed by atoms with Crippen molar-refractivity contribution in [3.63, 3.8) is 0 Å². The smallest absolute Gasteiger partial charge is 0.266 e. The highest BCUT2D eigenvalue weighted by atomic mass is 35.5. The van der Waals surface area contributed by atoms with Gasteiger partial charge in [0, 0.05) is 6.07 Å². The number of aryl methyl sites for hydroxylation is 1. The molecule has 0 unspecified atom stereocenters. The van der Waals surface area contributed by atoms with Gasteiger partial charge in [0.25, 0.3) is 11.8 Å². The minimum atomic E-state index is -0.807. The summed E-state index contributed by atoms with van der Waals surface area (Å²) in [5.74, 6) is 0.727. The Kier molecular flexibility index (Phi) is 4.52. The van der Waals surface area contributed by atoms with Gasteiger partial charge in [-0.1, -0.05) is 35.0 Å². The number of para-hydroxylation sites is 1. The van der Waals surface area contributed by atoms with Crippen molar-refractivity contribution < 1.29 is 14.1 Å². The van der Waals surface area contributed by atoms with Crippen LogP contribution in [-0.4, -0.2) is 26.9 Å². The van der Waals surface area contributed by atoms with E-state index in [9.17, 15) is 4.79 Å². The minimum absolute atomic E-state index is 0.180. The molecule has 0 spiro atoms. The molecule has 0 saturated heterocycles. The van der Waals surface area contributed by atoms with Crippen molar-refractivity contribution >= 4 is 23.3 Å². The Balaban J connectivity index is 1.69. The highest BCUT2D eigenvalue weighted by molar-refractivity contribution is 6.31. The van der Waals surface area contributed by atoms with Gasteiger partial charge in [0.15, 0.2) is 11.9 Å². The number of rotatable bonds is 5. The summed E-state index contributed by atoms with van der Waals surface area (Å²) < 4.78 is 12.0. The van der Waals surface area contributed by atoms with Crippen LogP contribution in [0.3, 0.4) is 0 Å². The van der Waals surface area contributed by atoms with Crippen LogP contribution in [0.1, 0.15) is 12.7 Å². The van der Waals surface area contributed by atoms with E-state index in [2.05, 4.69) is 15.6 Å². The summed E-state index contributed by atoms with van der Waals surface area (Å²) in [6.45, 7) is 3.33. The first-order valence-electron chi connectivity index (χ1n) is 7.24. The number of hydrogen-bond donors (Lipinski definition) is 1. The number of aromatic nitrogens is 3. The molecule has 0 bridgehead atoms. The van der Waals surface area contributed by atoms with Crippen molar-refractivity contribution in [2.45, 2.75) is 20.0 Å². The summed E-state index contributed by atoms with van der Waals surface area (Å²) in [5, 5.41) is 10.9. The molecule has 8 heteroatoms. The number of halogens is 1. The summed E-state index contributed by atoms with van der Waals surface area (Å²) in [6.07, 6.45) is 0.816. The van der Waals surface area contributed by atoms with Crippen LogP contribution in [0.15, 0.2) is 47.1 Å². The predicted molar refractivity (Wildman–Crippen MR) is 88.5 cm³/mol. The lowest BCUT2D eigenvalue weighted by Crippen LogP contribution is -2.30. The lowest BCUT2D eigenvalue weighted by Gasteiger charge is -2.11. The van der Waals surface area contributed by atoms with Gasteiger partial charge in [0.05, 0.1) is 11.9 Å². The molecular formula is C16H15ClN4O3. The summed E-state index contributed by atoms with van der Waals surface area (Å²) in [7, 11) is 0. The SMILES string of the molecule is Cc1cc(NC(=O)[C@@H](C)Oc2nn(-c3ccccc3)cc2Cl)no1. The van der Waals surface area contributed by atoms with Crippen LogP contribution in [0.2, 0.25) is 5.02 Å². The normalized spacial score (nSPS) is 12.0. The van der Waals surface area contributed by atoms with Gasteiger partial charge in [-0.05, 0) is 26.0 Å². The Bertz CT molecular complexity index is 844. The molecule has 3 aromatic rings. The average Bonchev–Trinajstić information content (AvgIpc) is 3.14. The molecule has 0 radical (unpaired) electrons. The maximum Gasteiger partial charge on any atom is 0.266 e. The summed E-state index contributed by atoms with van der Waals surface area (Å²) in [4.78, 5) is 12.1. The van der Waals surface area contributed by atoms with Crippen LogP contribution in [0, 0.1) is 6.92 Å². The lowest BCUT2D eigenvalue weighted by atomic mass is 10.3. The third kappa shape index (κ3) is 3.57. The number of ether oxygens (including phenoxy) is 1. The monoisotopic (exact) mass is 346 g/mol. The molecule has 0 saturated carbocycles. The first-order valence-corrected chi connectivity index (χ1v) is 7.62. The van der Waals surface area contributed by atoms with Crippen molar-refractivity contribution in [3.8, 4) is 11.6 Å². The van der Waals surface area contributed by atoms with Crippen LogP contribution in [-0.2, 0) is 4.79 Å². The van der Waals surface area contributed by atoms with E-state index in [1.165, 1.54) is 0 Å². The summed E-state index contributed by atoms with van der Waals surface area (Å²) in [5.41, 5.74) is 0.837. The molecule has 0 aliphatic heterocycles. The third-order valence-corrected chi connectivity index (χ3v) is 3.46. The zero-order valence-electron chi connectivity index (χ0n) is 13.1. The van der Waals surface area contributed by atoms with Crippen molar-refractivity contribution in [2.24, 2.45) is 0 Å². The minimum Gasteiger partial charge on any atom is -0.462 e. The van der Waals surface area contributed by atoms with Crippen molar-refractivity contribution in [2.75, 3.05) is 5.32 Å². The number of anilines is 1. The molecule has 1 atom stereocenters. The lowest BCUT2D eigenvalue weighted by molar-refractivity contribution is -0.122. The van der Waals surface area contributed by atoms with Gasteiger partial charge >= 0.3 is 0 Å². The largest absolute Gasteiger partial charge is 0.462 e. The second-order valence-corrected chi connectivity index (χ2v) is 5.54. The van der Waals surface area contributed by atoms with E-state index < -0.39 is 6.10 Å². The number of amides is 1. The number of nitrogens with zero attached hydrogens (tertiary/aromatic N) is 3. The molecule has 0 fully saturated rings. The standard InChI is InChI=1S/C16H15ClN4O3/c1-10-8-14(20-24-10)18-15(22)11(2)23-16-13(17)9-21(19-16)12-6-4-3-5-7-12/h3-9,11H,1-2H3,(H,18,20,22)/t11-/m1/s1. The fourth-order valence-electron chi connectivity index (χ4n) is 2.00. The van der Waals surface area contributed by atoms with Gasteiger partial charge in [-0.3, -0.25) is 4.79 Å². The molecule has 0 aliphatic carbocycles. The first kappa shape index (κ1) is 16.1. The zero-order valence-corrected chi connectivity index (χ0v) is 13.8. The highest BCUT2D eigenvalue weighted by Gasteiger charge is 2.20. The maximum absolute atomic E-state index is 12.1. The van der Waals surface area contributed by atoms with E-state index >= 15 is 0 Å². The van der Waals surface area contributed by atoms with Gasteiger partial charge in [0.2, 0.25) is 0 Å². The molecular weight excluding hydrogens is 332 g/mol. The molecule has 124 valence electrons. The Morgan fingerprint density at radius 1 is 1.38 bits per heavy atom. The molecule has 1 aromatic carbocycles. The van der Waals surface area contributed by atoms with Crippen LogP contribution in [0.4, 0.5) is 5.82 Å². The number of carbonyl (C=O) groups excluding carboxylic acids is 1. The Morgan fingerprint density at radius 3 is 2.79 bits per heavy atom. The maximum atomic E-state index is 12.1. The topological polar surface area (TPSA) is 82.2 Å². The van der Waals surface area contributed by atoms with Gasteiger partial charge in [-0.2, -0.15) is 0 Å². The Morgan fingerprint density at radius 2 is 2.12 bits per heavy atom. The van der Waals surface area contributed by atoms with E-state index in [0.29, 0.717) is 16.6 Å². The number of hydrogen-bond acceptors (Lipinski definition) is 5. The first-order chi connectivity index (χ1) is 11.5. The van der Waals surface area contributed by atoms with E-state index in [1.807, 2.05) is 30.3 Å². The Hall–Kier alpha value is -2.80. The fraction of sp³-hybridized carbons (Fsp3) is 0.188. The Labute approximate surface area is 143 Å². The zero-order chi connectivity index (χ0) is 17.1. The molecule has 2 heterocycles.